The van der Waals surface area contributed by atoms with Gasteiger partial charge < -0.3 is 10.5 Å². The third-order valence-corrected chi connectivity index (χ3v) is 2.49. The highest BCUT2D eigenvalue weighted by Crippen LogP contribution is 2.35. The molecule has 0 aliphatic carbocycles. The summed E-state index contributed by atoms with van der Waals surface area (Å²) in [6.45, 7) is 0. The van der Waals surface area contributed by atoms with Crippen LogP contribution < -0.4 is 10.5 Å². The van der Waals surface area contributed by atoms with Gasteiger partial charge in [0.1, 0.15) is 5.75 Å². The van der Waals surface area contributed by atoms with Gasteiger partial charge in [0, 0.05) is 24.7 Å². The second-order valence-corrected chi connectivity index (χ2v) is 3.42. The van der Waals surface area contributed by atoms with E-state index in [4.69, 9.17) is 22.1 Å². The monoisotopic (exact) mass is 211 g/mol. The summed E-state index contributed by atoms with van der Waals surface area (Å²) in [6, 6.07) is 1.77. The lowest BCUT2D eigenvalue weighted by Gasteiger charge is -2.05. The van der Waals surface area contributed by atoms with Crippen LogP contribution >= 0.6 is 11.6 Å². The van der Waals surface area contributed by atoms with E-state index in [9.17, 15) is 0 Å². The van der Waals surface area contributed by atoms with Crippen LogP contribution in [0.3, 0.4) is 0 Å². The van der Waals surface area contributed by atoms with Crippen LogP contribution in [0.5, 0.6) is 5.75 Å². The number of rotatable bonds is 1. The Kier molecular flexibility index (Phi) is 2.00. The SMILES string of the molecule is COc1cc2nn(C)cc2c(Cl)c1N. The van der Waals surface area contributed by atoms with Crippen molar-refractivity contribution in [3.63, 3.8) is 0 Å². The first-order valence-electron chi connectivity index (χ1n) is 4.09. The molecule has 0 bridgehead atoms. The number of hydrogen-bond acceptors (Lipinski definition) is 3. The molecule has 1 aromatic heterocycles. The Hall–Kier alpha value is -1.42. The predicted molar refractivity (Wildman–Crippen MR) is 56.7 cm³/mol. The maximum absolute atomic E-state index is 6.06. The second kappa shape index (κ2) is 3.06. The van der Waals surface area contributed by atoms with Gasteiger partial charge in [-0.05, 0) is 0 Å². The number of halogens is 1. The molecule has 0 spiro atoms. The molecule has 14 heavy (non-hydrogen) atoms. The van der Waals surface area contributed by atoms with E-state index in [1.54, 1.807) is 17.9 Å². The summed E-state index contributed by atoms with van der Waals surface area (Å²) in [5, 5.41) is 5.55. The van der Waals surface area contributed by atoms with Gasteiger partial charge in [0.2, 0.25) is 0 Å². The number of hydrogen-bond donors (Lipinski definition) is 1. The van der Waals surface area contributed by atoms with Gasteiger partial charge in [0.25, 0.3) is 0 Å². The van der Waals surface area contributed by atoms with Crippen LogP contribution in [-0.4, -0.2) is 16.9 Å². The number of nitrogens with two attached hydrogens (primary N) is 1. The summed E-state index contributed by atoms with van der Waals surface area (Å²) in [5.74, 6) is 0.557. The number of nitrogens with zero attached hydrogens (tertiary/aromatic N) is 2. The first-order valence-corrected chi connectivity index (χ1v) is 4.46. The molecule has 0 atom stereocenters. The van der Waals surface area contributed by atoms with Crippen molar-refractivity contribution in [1.29, 1.82) is 0 Å². The van der Waals surface area contributed by atoms with Crippen LogP contribution in [-0.2, 0) is 7.05 Å². The maximum atomic E-state index is 6.06. The van der Waals surface area contributed by atoms with Gasteiger partial charge in [-0.15, -0.1) is 0 Å². The molecule has 0 aliphatic heterocycles. The fourth-order valence-electron chi connectivity index (χ4n) is 1.41. The molecule has 1 aromatic carbocycles. The van der Waals surface area contributed by atoms with Crippen molar-refractivity contribution < 1.29 is 4.74 Å². The molecule has 2 rings (SSSR count). The molecule has 0 unspecified atom stereocenters. The van der Waals surface area contributed by atoms with Crippen molar-refractivity contribution in [3.8, 4) is 5.75 Å². The molecule has 4 nitrogen and oxygen atoms in total. The Morgan fingerprint density at radius 1 is 1.57 bits per heavy atom. The average Bonchev–Trinajstić information content (AvgIpc) is 2.52. The predicted octanol–water partition coefficient (Wildman–Crippen LogP) is 1.82. The number of anilines is 1. The third-order valence-electron chi connectivity index (χ3n) is 2.08. The number of aromatic nitrogens is 2. The quantitative estimate of drug-likeness (QED) is 0.732. The number of methoxy groups -OCH3 is 1. The topological polar surface area (TPSA) is 53.1 Å². The molecule has 5 heteroatoms. The summed E-state index contributed by atoms with van der Waals surface area (Å²) < 4.78 is 6.77. The number of ether oxygens (including phenoxy) is 1. The van der Waals surface area contributed by atoms with Gasteiger partial charge in [0.15, 0.2) is 0 Å². The Balaban J connectivity index is 2.84. The molecule has 74 valence electrons. The fourth-order valence-corrected chi connectivity index (χ4v) is 1.64. The summed E-state index contributed by atoms with van der Waals surface area (Å²) >= 11 is 6.06. The van der Waals surface area contributed by atoms with Crippen molar-refractivity contribution in [3.05, 3.63) is 17.3 Å². The van der Waals surface area contributed by atoms with Gasteiger partial charge in [-0.1, -0.05) is 11.6 Å². The number of aryl methyl sites for hydroxylation is 1. The zero-order valence-corrected chi connectivity index (χ0v) is 8.67. The van der Waals surface area contributed by atoms with E-state index >= 15 is 0 Å². The molecule has 1 heterocycles. The standard InChI is InChI=1S/C9H10ClN3O/c1-13-4-5-6(12-13)3-7(14-2)9(11)8(5)10/h3-4H,11H2,1-2H3. The summed E-state index contributed by atoms with van der Waals surface area (Å²) in [5.41, 5.74) is 7.01. The highest BCUT2D eigenvalue weighted by molar-refractivity contribution is 6.38. The zero-order chi connectivity index (χ0) is 10.3. The van der Waals surface area contributed by atoms with E-state index in [0.717, 1.165) is 10.9 Å². The lowest BCUT2D eigenvalue weighted by Crippen LogP contribution is -1.93. The maximum Gasteiger partial charge on any atom is 0.145 e. The number of nitrogen functional groups attached to an aromatic ring is 1. The molecule has 0 saturated carbocycles. The molecule has 0 fully saturated rings. The summed E-state index contributed by atoms with van der Waals surface area (Å²) in [7, 11) is 3.38. The fraction of sp³-hybridized carbons (Fsp3) is 0.222. The number of fused-ring (bicyclic) bond motifs is 1. The van der Waals surface area contributed by atoms with Crippen LogP contribution in [0.4, 0.5) is 5.69 Å². The Labute approximate surface area is 86.2 Å². The minimum Gasteiger partial charge on any atom is -0.494 e. The Morgan fingerprint density at radius 3 is 2.93 bits per heavy atom. The van der Waals surface area contributed by atoms with E-state index in [1.807, 2.05) is 13.2 Å². The first kappa shape index (κ1) is 9.15. The molecule has 2 N–H and O–H groups in total. The van der Waals surface area contributed by atoms with Crippen molar-refractivity contribution in [2.24, 2.45) is 7.05 Å². The van der Waals surface area contributed by atoms with Crippen LogP contribution in [0.2, 0.25) is 5.02 Å². The van der Waals surface area contributed by atoms with Crippen LogP contribution in [0.25, 0.3) is 10.9 Å². The lowest BCUT2D eigenvalue weighted by atomic mass is 10.2. The Morgan fingerprint density at radius 2 is 2.29 bits per heavy atom. The molecular formula is C9H10ClN3O. The zero-order valence-electron chi connectivity index (χ0n) is 7.91. The van der Waals surface area contributed by atoms with Gasteiger partial charge in [-0.3, -0.25) is 4.68 Å². The van der Waals surface area contributed by atoms with Crippen LogP contribution in [0.1, 0.15) is 0 Å². The van der Waals surface area contributed by atoms with Crippen molar-refractivity contribution in [1.82, 2.24) is 9.78 Å². The lowest BCUT2D eigenvalue weighted by molar-refractivity contribution is 0.417. The van der Waals surface area contributed by atoms with Gasteiger partial charge in [-0.2, -0.15) is 5.10 Å². The van der Waals surface area contributed by atoms with Gasteiger partial charge in [-0.25, -0.2) is 0 Å². The minimum atomic E-state index is 0.453. The number of benzene rings is 1. The van der Waals surface area contributed by atoms with Crippen LogP contribution in [0, 0.1) is 0 Å². The van der Waals surface area contributed by atoms with E-state index in [2.05, 4.69) is 5.10 Å². The summed E-state index contributed by atoms with van der Waals surface area (Å²) in [6.07, 6.45) is 1.83. The molecule has 0 radical (unpaired) electrons. The average molecular weight is 212 g/mol. The van der Waals surface area contributed by atoms with E-state index < -0.39 is 0 Å². The van der Waals surface area contributed by atoms with Crippen molar-refractivity contribution in [2.45, 2.75) is 0 Å². The Bertz CT molecular complexity index is 492. The highest BCUT2D eigenvalue weighted by atomic mass is 35.5. The minimum absolute atomic E-state index is 0.453. The molecule has 0 saturated heterocycles. The molecule has 0 aliphatic rings. The van der Waals surface area contributed by atoms with Gasteiger partial charge >= 0.3 is 0 Å². The third kappa shape index (κ3) is 1.19. The second-order valence-electron chi connectivity index (χ2n) is 3.04. The van der Waals surface area contributed by atoms with E-state index in [-0.39, 0.29) is 0 Å². The molecular weight excluding hydrogens is 202 g/mol. The van der Waals surface area contributed by atoms with Crippen LogP contribution in [0.15, 0.2) is 12.3 Å². The normalized spacial score (nSPS) is 10.8. The smallest absolute Gasteiger partial charge is 0.145 e. The molecule has 2 aromatic rings. The summed E-state index contributed by atoms with van der Waals surface area (Å²) in [4.78, 5) is 0. The van der Waals surface area contributed by atoms with Gasteiger partial charge in [0.05, 0.1) is 23.3 Å². The van der Waals surface area contributed by atoms with Crippen molar-refractivity contribution in [2.75, 3.05) is 12.8 Å². The highest BCUT2D eigenvalue weighted by Gasteiger charge is 2.11. The largest absolute Gasteiger partial charge is 0.494 e. The first-order chi connectivity index (χ1) is 6.63. The molecule has 0 amide bonds. The van der Waals surface area contributed by atoms with E-state index in [1.165, 1.54) is 0 Å². The van der Waals surface area contributed by atoms with E-state index in [0.29, 0.717) is 16.5 Å². The van der Waals surface area contributed by atoms with Crippen molar-refractivity contribution >= 4 is 28.2 Å².